The molecule has 5 rings (SSSR count). The van der Waals surface area contributed by atoms with E-state index in [9.17, 15) is 17.2 Å². The first kappa shape index (κ1) is 26.0. The van der Waals surface area contributed by atoms with E-state index in [2.05, 4.69) is 19.7 Å². The van der Waals surface area contributed by atoms with Gasteiger partial charge in [0.25, 0.3) is 0 Å². The molecule has 200 valence electrons. The summed E-state index contributed by atoms with van der Waals surface area (Å²) in [6.07, 6.45) is 7.18. The topological polar surface area (TPSA) is 89.7 Å². The van der Waals surface area contributed by atoms with E-state index in [0.29, 0.717) is 60.0 Å². The zero-order valence-electron chi connectivity index (χ0n) is 20.8. The van der Waals surface area contributed by atoms with Crippen LogP contribution >= 0.6 is 0 Å². The number of ether oxygens (including phenoxy) is 1. The SMILES string of the molecule is Cc1nc2cc(F)c(-c3cnc(N4CCC(S(C)(=O)=O)CC4)nc3)cn2c1Cc1ccccc1OC(F)F. The molecule has 1 aliphatic heterocycles. The first-order valence-corrected chi connectivity index (χ1v) is 14.0. The molecular weight excluding hydrogens is 519 g/mol. The van der Waals surface area contributed by atoms with Crippen molar-refractivity contribution in [3.05, 3.63) is 71.7 Å². The number of imidazole rings is 1. The molecule has 0 saturated carbocycles. The molecule has 0 spiro atoms. The van der Waals surface area contributed by atoms with Crippen molar-refractivity contribution in [2.24, 2.45) is 0 Å². The molecule has 8 nitrogen and oxygen atoms in total. The lowest BCUT2D eigenvalue weighted by Crippen LogP contribution is -2.39. The summed E-state index contributed by atoms with van der Waals surface area (Å²) in [6.45, 7) is -0.131. The van der Waals surface area contributed by atoms with Gasteiger partial charge in [-0.2, -0.15) is 8.78 Å². The van der Waals surface area contributed by atoms with Crippen LogP contribution < -0.4 is 9.64 Å². The van der Waals surface area contributed by atoms with Crippen LogP contribution in [0.2, 0.25) is 0 Å². The third-order valence-electron chi connectivity index (χ3n) is 6.83. The molecule has 1 saturated heterocycles. The van der Waals surface area contributed by atoms with Crippen LogP contribution in [0.15, 0.2) is 48.9 Å². The summed E-state index contributed by atoms with van der Waals surface area (Å²) < 4.78 is 70.9. The molecule has 1 fully saturated rings. The molecule has 12 heteroatoms. The highest BCUT2D eigenvalue weighted by Crippen LogP contribution is 2.29. The second kappa shape index (κ2) is 10.2. The van der Waals surface area contributed by atoms with Crippen molar-refractivity contribution in [2.45, 2.75) is 38.0 Å². The third kappa shape index (κ3) is 5.31. The van der Waals surface area contributed by atoms with Crippen LogP contribution in [-0.4, -0.2) is 59.0 Å². The molecule has 1 aliphatic rings. The van der Waals surface area contributed by atoms with E-state index in [1.807, 2.05) is 4.90 Å². The number of alkyl halides is 2. The van der Waals surface area contributed by atoms with E-state index >= 15 is 4.39 Å². The minimum atomic E-state index is -3.08. The maximum atomic E-state index is 15.1. The number of aromatic nitrogens is 4. The largest absolute Gasteiger partial charge is 0.435 e. The minimum absolute atomic E-state index is 0.0729. The molecule has 0 unspecified atom stereocenters. The van der Waals surface area contributed by atoms with Gasteiger partial charge in [0.05, 0.1) is 10.9 Å². The standard InChI is InChI=1S/C26H26F3N5O3S/c1-16-22(11-17-5-3-4-6-23(17)37-25(28)29)34-15-20(21(27)12-24(34)32-16)18-13-30-26(31-14-18)33-9-7-19(8-10-33)38(2,35)36/h3-6,12-15,19,25H,7-11H2,1-2H3. The Kier molecular flexibility index (Phi) is 6.99. The van der Waals surface area contributed by atoms with Crippen LogP contribution in [0.4, 0.5) is 19.1 Å². The first-order chi connectivity index (χ1) is 18.1. The van der Waals surface area contributed by atoms with E-state index in [1.54, 1.807) is 35.7 Å². The zero-order chi connectivity index (χ0) is 27.0. The second-order valence-corrected chi connectivity index (χ2v) is 11.7. The molecule has 0 N–H and O–H groups in total. The van der Waals surface area contributed by atoms with Crippen LogP contribution in [0.1, 0.15) is 29.8 Å². The van der Waals surface area contributed by atoms with Gasteiger partial charge in [-0.15, -0.1) is 0 Å². The third-order valence-corrected chi connectivity index (χ3v) is 8.52. The molecule has 0 aliphatic carbocycles. The van der Waals surface area contributed by atoms with Gasteiger partial charge in [0.2, 0.25) is 5.95 Å². The maximum Gasteiger partial charge on any atom is 0.387 e. The number of piperidine rings is 1. The fourth-order valence-electron chi connectivity index (χ4n) is 4.80. The van der Waals surface area contributed by atoms with Gasteiger partial charge in [-0.3, -0.25) is 0 Å². The Labute approximate surface area is 218 Å². The molecule has 4 heterocycles. The lowest BCUT2D eigenvalue weighted by atomic mass is 10.1. The van der Waals surface area contributed by atoms with E-state index in [-0.39, 0.29) is 23.0 Å². The quantitative estimate of drug-likeness (QED) is 0.339. The van der Waals surface area contributed by atoms with Crippen molar-refractivity contribution in [1.29, 1.82) is 0 Å². The van der Waals surface area contributed by atoms with Crippen LogP contribution in [0, 0.1) is 12.7 Å². The van der Waals surface area contributed by atoms with E-state index in [4.69, 9.17) is 0 Å². The average Bonchev–Trinajstić information content (AvgIpc) is 3.17. The summed E-state index contributed by atoms with van der Waals surface area (Å²) in [5, 5.41) is -0.361. The van der Waals surface area contributed by atoms with Gasteiger partial charge in [0, 0.05) is 72.8 Å². The average molecular weight is 546 g/mol. The highest BCUT2D eigenvalue weighted by molar-refractivity contribution is 7.91. The number of hydrogen-bond donors (Lipinski definition) is 0. The molecule has 0 bridgehead atoms. The summed E-state index contributed by atoms with van der Waals surface area (Å²) in [5.74, 6) is 0.0292. The van der Waals surface area contributed by atoms with Gasteiger partial charge in [0.15, 0.2) is 0 Å². The maximum absolute atomic E-state index is 15.1. The van der Waals surface area contributed by atoms with Crippen molar-refractivity contribution in [2.75, 3.05) is 24.2 Å². The van der Waals surface area contributed by atoms with Crippen LogP contribution in [0.3, 0.4) is 0 Å². The minimum Gasteiger partial charge on any atom is -0.435 e. The highest BCUT2D eigenvalue weighted by atomic mass is 32.2. The number of aryl methyl sites for hydroxylation is 1. The zero-order valence-corrected chi connectivity index (χ0v) is 21.6. The molecule has 38 heavy (non-hydrogen) atoms. The Bertz CT molecular complexity index is 1570. The van der Waals surface area contributed by atoms with Crippen LogP contribution in [-0.2, 0) is 16.3 Å². The number of pyridine rings is 1. The number of benzene rings is 1. The van der Waals surface area contributed by atoms with E-state index in [1.165, 1.54) is 30.8 Å². The molecule has 1 aromatic carbocycles. The number of sulfone groups is 1. The Balaban J connectivity index is 1.42. The van der Waals surface area contributed by atoms with E-state index < -0.39 is 22.3 Å². The summed E-state index contributed by atoms with van der Waals surface area (Å²) >= 11 is 0. The Hall–Kier alpha value is -3.67. The predicted molar refractivity (Wildman–Crippen MR) is 137 cm³/mol. The van der Waals surface area contributed by atoms with Gasteiger partial charge in [-0.05, 0) is 25.8 Å². The van der Waals surface area contributed by atoms with Gasteiger partial charge < -0.3 is 14.0 Å². The molecule has 3 aromatic heterocycles. The van der Waals surface area contributed by atoms with Gasteiger partial charge in [0.1, 0.15) is 27.1 Å². The molecule has 0 amide bonds. The van der Waals surface area contributed by atoms with Gasteiger partial charge in [-0.25, -0.2) is 27.8 Å². The lowest BCUT2D eigenvalue weighted by molar-refractivity contribution is -0.0504. The molecule has 0 atom stereocenters. The molecule has 4 aromatic rings. The summed E-state index contributed by atoms with van der Waals surface area (Å²) in [4.78, 5) is 15.2. The Morgan fingerprint density at radius 3 is 2.47 bits per heavy atom. The number of hydrogen-bond acceptors (Lipinski definition) is 7. The van der Waals surface area contributed by atoms with Crippen LogP contribution in [0.25, 0.3) is 16.8 Å². The Morgan fingerprint density at radius 1 is 1.13 bits per heavy atom. The fraction of sp³-hybridized carbons (Fsp3) is 0.346. The van der Waals surface area contributed by atoms with E-state index in [0.717, 1.165) is 0 Å². The first-order valence-electron chi connectivity index (χ1n) is 12.1. The number of rotatable bonds is 7. The monoisotopic (exact) mass is 545 g/mol. The second-order valence-electron chi connectivity index (χ2n) is 9.36. The van der Waals surface area contributed by atoms with Crippen molar-refractivity contribution >= 4 is 21.4 Å². The number of para-hydroxylation sites is 1. The number of anilines is 1. The predicted octanol–water partition coefficient (Wildman–Crippen LogP) is 4.44. The van der Waals surface area contributed by atoms with Crippen molar-refractivity contribution in [1.82, 2.24) is 19.4 Å². The van der Waals surface area contributed by atoms with Crippen LogP contribution in [0.5, 0.6) is 5.75 Å². The molecular formula is C26H26F3N5O3S. The lowest BCUT2D eigenvalue weighted by Gasteiger charge is -2.31. The van der Waals surface area contributed by atoms with Gasteiger partial charge in [-0.1, -0.05) is 18.2 Å². The fourth-order valence-corrected chi connectivity index (χ4v) is 5.87. The highest BCUT2D eigenvalue weighted by Gasteiger charge is 2.27. The van der Waals surface area contributed by atoms with Crippen molar-refractivity contribution in [3.8, 4) is 16.9 Å². The Morgan fingerprint density at radius 2 is 1.82 bits per heavy atom. The number of nitrogens with zero attached hydrogens (tertiary/aromatic N) is 5. The summed E-state index contributed by atoms with van der Waals surface area (Å²) in [5.41, 5.74) is 3.00. The van der Waals surface area contributed by atoms with Gasteiger partial charge >= 0.3 is 6.61 Å². The summed E-state index contributed by atoms with van der Waals surface area (Å²) in [6, 6.07) is 7.85. The summed E-state index contributed by atoms with van der Waals surface area (Å²) in [7, 11) is -3.08. The molecule has 0 radical (unpaired) electrons. The smallest absolute Gasteiger partial charge is 0.387 e. The van der Waals surface area contributed by atoms with Crippen molar-refractivity contribution < 1.29 is 26.3 Å². The number of fused-ring (bicyclic) bond motifs is 1. The number of halogens is 3. The normalized spacial score (nSPS) is 14.9. The van der Waals surface area contributed by atoms with Crippen molar-refractivity contribution in [3.63, 3.8) is 0 Å².